The van der Waals surface area contributed by atoms with E-state index in [2.05, 4.69) is 47.2 Å². The number of phenolic OH excluding ortho intramolecular Hbond substituents is 1. The van der Waals surface area contributed by atoms with Crippen LogP contribution in [0.5, 0.6) is 5.75 Å². The number of benzene rings is 3. The Morgan fingerprint density at radius 1 is 0.542 bits per heavy atom. The molecule has 10 amide bonds. The summed E-state index contributed by atoms with van der Waals surface area (Å²) >= 11 is 0. The Morgan fingerprint density at radius 3 is 1.42 bits per heavy atom. The van der Waals surface area contributed by atoms with Crippen LogP contribution in [0.25, 0.3) is 0 Å². The third-order valence-electron chi connectivity index (χ3n) is 13.3. The summed E-state index contributed by atoms with van der Waals surface area (Å²) in [6, 6.07) is 13.1. The van der Waals surface area contributed by atoms with Crippen molar-refractivity contribution in [3.63, 3.8) is 0 Å². The van der Waals surface area contributed by atoms with Crippen molar-refractivity contribution in [2.24, 2.45) is 50.3 Å². The summed E-state index contributed by atoms with van der Waals surface area (Å²) < 4.78 is 0. The quantitative estimate of drug-likeness (QED) is 0.0168. The van der Waals surface area contributed by atoms with Crippen molar-refractivity contribution >= 4 is 71.0 Å². The lowest BCUT2D eigenvalue weighted by Crippen LogP contribution is -2.60. The Bertz CT molecular complexity index is 2760. The van der Waals surface area contributed by atoms with Crippen molar-refractivity contribution in [3.8, 4) is 5.75 Å². The van der Waals surface area contributed by atoms with Crippen LogP contribution in [0, 0.1) is 5.92 Å². The molecule has 0 saturated carbocycles. The fourth-order valence-electron chi connectivity index (χ4n) is 9.23. The van der Waals surface area contributed by atoms with Crippen molar-refractivity contribution in [3.05, 3.63) is 102 Å². The van der Waals surface area contributed by atoms with Gasteiger partial charge in [-0.25, -0.2) is 0 Å². The molecule has 3 aromatic rings. The average molecular weight is 1150 g/mol. The van der Waals surface area contributed by atoms with Crippen LogP contribution in [0.2, 0.25) is 0 Å². The van der Waals surface area contributed by atoms with Gasteiger partial charge >= 0.3 is 0 Å². The molecule has 27 heteroatoms. The average Bonchev–Trinajstić information content (AvgIpc) is 3.97. The third-order valence-corrected chi connectivity index (χ3v) is 13.3. The first kappa shape index (κ1) is 66.2. The number of hydrogen-bond donors (Lipinski definition) is 14. The van der Waals surface area contributed by atoms with Crippen LogP contribution >= 0.6 is 0 Å². The van der Waals surface area contributed by atoms with E-state index in [1.165, 1.54) is 24.0 Å². The number of carbonyl (C=O) groups excluding carboxylic acids is 10. The van der Waals surface area contributed by atoms with Gasteiger partial charge in [-0.2, -0.15) is 0 Å². The van der Waals surface area contributed by atoms with Gasteiger partial charge in [0.05, 0.1) is 6.42 Å². The van der Waals surface area contributed by atoms with Crippen molar-refractivity contribution in [1.82, 2.24) is 42.1 Å². The largest absolute Gasteiger partial charge is 0.508 e. The van der Waals surface area contributed by atoms with Crippen LogP contribution < -0.4 is 71.6 Å². The summed E-state index contributed by atoms with van der Waals surface area (Å²) in [6.07, 6.45) is 0.0249. The van der Waals surface area contributed by atoms with Crippen molar-refractivity contribution in [2.75, 3.05) is 19.6 Å². The number of phenols is 1. The number of likely N-dealkylation sites (tertiary alicyclic amines) is 1. The highest BCUT2D eigenvalue weighted by Gasteiger charge is 2.40. The van der Waals surface area contributed by atoms with E-state index in [0.717, 1.165) is 0 Å². The van der Waals surface area contributed by atoms with E-state index in [1.54, 1.807) is 72.8 Å². The summed E-state index contributed by atoms with van der Waals surface area (Å²) in [5.74, 6) is -8.47. The molecular formula is C56H80N16O11. The normalized spacial score (nSPS) is 15.3. The molecule has 0 aromatic heterocycles. The highest BCUT2D eigenvalue weighted by atomic mass is 16.3. The molecule has 3 aromatic carbocycles. The van der Waals surface area contributed by atoms with Crippen LogP contribution in [-0.4, -0.2) is 149 Å². The molecule has 1 fully saturated rings. The van der Waals surface area contributed by atoms with Gasteiger partial charge in [0.2, 0.25) is 59.1 Å². The highest BCUT2D eigenvalue weighted by Crippen LogP contribution is 2.21. The monoisotopic (exact) mass is 1150 g/mol. The molecule has 83 heavy (non-hydrogen) atoms. The van der Waals surface area contributed by atoms with Crippen LogP contribution in [0.3, 0.4) is 0 Å². The minimum atomic E-state index is -1.50. The van der Waals surface area contributed by atoms with Gasteiger partial charge in [0.15, 0.2) is 11.9 Å². The second-order valence-electron chi connectivity index (χ2n) is 20.7. The number of nitrogens with two attached hydrogens (primary N) is 6. The Hall–Kier alpha value is -9.30. The van der Waals surface area contributed by atoms with Crippen LogP contribution in [0.15, 0.2) is 94.9 Å². The summed E-state index contributed by atoms with van der Waals surface area (Å²) in [7, 11) is 0. The summed E-state index contributed by atoms with van der Waals surface area (Å²) in [6.45, 7) is 5.05. The van der Waals surface area contributed by atoms with Crippen LogP contribution in [-0.2, 0) is 67.2 Å². The van der Waals surface area contributed by atoms with Crippen molar-refractivity contribution in [1.29, 1.82) is 0 Å². The van der Waals surface area contributed by atoms with Gasteiger partial charge in [0.1, 0.15) is 54.1 Å². The number of hydrogen-bond acceptors (Lipinski definition) is 13. The fourth-order valence-corrected chi connectivity index (χ4v) is 9.23. The standard InChI is InChI=1S/C56H80N16O11/c1-32(2)27-41(69-52(81)44(29-35-15-8-5-9-16-35)71-50(79)42(65-33(3)73)30-36-20-22-37(74)23-21-36)49(78)70-43(28-34-13-6-4-7-14-34)51(80)67-39(18-11-25-64-56(61)62)54(83)72-26-12-19-45(72)53(82)66-38(17-10-24-63-55(59)60)48(77)68-40(47(58)76)31-46(57)75/h4-9,13-16,20-23,32,38-45,74H,10-12,17-19,24-31H2,1-3H3,(H2,57,75)(H2,58,76)(H,65,73)(H,66,82)(H,67,80)(H,68,77)(H,69,81)(H,70,78)(H,71,79)(H4,59,60,63)(H4,61,62,64)/t38-,39-,40-,41-,42-,43-,44-,45-/m0/s1. The zero-order valence-electron chi connectivity index (χ0n) is 47.0. The van der Waals surface area contributed by atoms with E-state index >= 15 is 0 Å². The molecule has 1 aliphatic heterocycles. The lowest BCUT2D eigenvalue weighted by Gasteiger charge is -2.31. The van der Waals surface area contributed by atoms with E-state index in [4.69, 9.17) is 34.4 Å². The third kappa shape index (κ3) is 23.4. The smallest absolute Gasteiger partial charge is 0.245 e. The van der Waals surface area contributed by atoms with Crippen molar-refractivity contribution < 1.29 is 53.1 Å². The van der Waals surface area contributed by atoms with Crippen LogP contribution in [0.1, 0.15) is 88.8 Å². The van der Waals surface area contributed by atoms with E-state index < -0.39 is 114 Å². The molecule has 0 spiro atoms. The molecule has 0 bridgehead atoms. The minimum Gasteiger partial charge on any atom is -0.508 e. The summed E-state index contributed by atoms with van der Waals surface area (Å²) in [5, 5.41) is 28.7. The van der Waals surface area contributed by atoms with Gasteiger partial charge in [-0.05, 0) is 79.7 Å². The maximum absolute atomic E-state index is 14.8. The zero-order chi connectivity index (χ0) is 61.2. The molecule has 4 rings (SSSR count). The molecule has 450 valence electrons. The summed E-state index contributed by atoms with van der Waals surface area (Å²) in [4.78, 5) is 146. The molecule has 1 heterocycles. The molecule has 20 N–H and O–H groups in total. The second kappa shape index (κ2) is 33.5. The second-order valence-corrected chi connectivity index (χ2v) is 20.7. The van der Waals surface area contributed by atoms with E-state index in [1.807, 2.05) is 13.8 Å². The lowest BCUT2D eigenvalue weighted by molar-refractivity contribution is -0.142. The van der Waals surface area contributed by atoms with Gasteiger partial charge in [-0.3, -0.25) is 57.9 Å². The molecule has 1 saturated heterocycles. The Morgan fingerprint density at radius 2 is 0.964 bits per heavy atom. The number of nitrogens with zero attached hydrogens (tertiary/aromatic N) is 3. The molecule has 8 atom stereocenters. The van der Waals surface area contributed by atoms with E-state index in [0.29, 0.717) is 23.1 Å². The zero-order valence-corrected chi connectivity index (χ0v) is 47.0. The van der Waals surface area contributed by atoms with E-state index in [9.17, 15) is 53.1 Å². The first-order chi connectivity index (χ1) is 39.4. The molecule has 0 aliphatic carbocycles. The number of rotatable bonds is 33. The summed E-state index contributed by atoms with van der Waals surface area (Å²) in [5.41, 5.74) is 34.7. The fraction of sp³-hybridized carbons (Fsp3) is 0.464. The van der Waals surface area contributed by atoms with Crippen LogP contribution in [0.4, 0.5) is 0 Å². The Balaban J connectivity index is 1.64. The first-order valence-electron chi connectivity index (χ1n) is 27.3. The van der Waals surface area contributed by atoms with Gasteiger partial charge < -0.3 is 81.6 Å². The van der Waals surface area contributed by atoms with Gasteiger partial charge in [-0.1, -0.05) is 86.6 Å². The molecular weight excluding hydrogens is 1070 g/mol. The van der Waals surface area contributed by atoms with Gasteiger partial charge in [-0.15, -0.1) is 0 Å². The van der Waals surface area contributed by atoms with Gasteiger partial charge in [0, 0.05) is 45.8 Å². The van der Waals surface area contributed by atoms with Gasteiger partial charge in [0.25, 0.3) is 0 Å². The maximum atomic E-state index is 14.8. The number of primary amides is 2. The topological polar surface area (TPSA) is 459 Å². The number of guanidine groups is 2. The molecule has 27 nitrogen and oxygen atoms in total. The number of aliphatic imine (C=N–C) groups is 2. The number of nitrogens with one attached hydrogen (secondary N) is 7. The molecule has 1 aliphatic rings. The highest BCUT2D eigenvalue weighted by molar-refractivity contribution is 5.99. The lowest BCUT2D eigenvalue weighted by atomic mass is 9.99. The minimum absolute atomic E-state index is 0.00215. The Labute approximate surface area is 481 Å². The predicted octanol–water partition coefficient (Wildman–Crippen LogP) is -2.66. The maximum Gasteiger partial charge on any atom is 0.245 e. The molecule has 0 unspecified atom stereocenters. The number of amides is 10. The number of aromatic hydroxyl groups is 1. The Kier molecular flexibility index (Phi) is 26.7. The first-order valence-corrected chi connectivity index (χ1v) is 27.3. The van der Waals surface area contributed by atoms with E-state index in [-0.39, 0.29) is 101 Å². The van der Waals surface area contributed by atoms with Crippen molar-refractivity contribution in [2.45, 2.75) is 140 Å². The predicted molar refractivity (Wildman–Crippen MR) is 308 cm³/mol. The number of carbonyl (C=O) groups is 10. The SMILES string of the molecule is CC(=O)N[C@@H](Cc1ccc(O)cc1)C(=O)N[C@@H](Cc1ccccc1)C(=O)N[C@@H](CC(C)C)C(=O)N[C@@H](Cc1ccccc1)C(=O)N[C@@H](CCCN=C(N)N)C(=O)N1CCC[C@H]1C(=O)N[C@@H](CCCN=C(N)N)C(=O)N[C@@H](CC(N)=O)C(N)=O. The molecule has 0 radical (unpaired) electrons.